The van der Waals surface area contributed by atoms with Crippen molar-refractivity contribution in [2.45, 2.75) is 38.9 Å². The smallest absolute Gasteiger partial charge is 0.252 e. The minimum Gasteiger partial charge on any atom is -0.529 e. The zero-order chi connectivity index (χ0) is 12.6. The van der Waals surface area contributed by atoms with E-state index in [-0.39, 0.29) is 10.9 Å². The number of hydrogen-bond donors (Lipinski definition) is 0. The van der Waals surface area contributed by atoms with Gasteiger partial charge < -0.3 is 4.43 Å². The van der Waals surface area contributed by atoms with Gasteiger partial charge in [-0.2, -0.15) is 0 Å². The van der Waals surface area contributed by atoms with Gasteiger partial charge in [0.2, 0.25) is 5.88 Å². The third-order valence-electron chi connectivity index (χ3n) is 2.94. The van der Waals surface area contributed by atoms with Crippen molar-refractivity contribution in [3.05, 3.63) is 22.6 Å². The molecule has 2 nitrogen and oxygen atoms in total. The molecule has 0 N–H and O–H groups in total. The van der Waals surface area contributed by atoms with E-state index in [0.29, 0.717) is 4.60 Å². The lowest BCUT2D eigenvalue weighted by atomic mass is 10.2. The molecule has 0 aliphatic carbocycles. The Morgan fingerprint density at radius 3 is 2.38 bits per heavy atom. The SMILES string of the molecule is CC(C)(C)[Si](C)(C)Oc1nc(Br)ccc1F. The first kappa shape index (κ1) is 13.6. The number of nitrogens with zero attached hydrogens (tertiary/aromatic N) is 1. The molecule has 0 saturated carbocycles. The molecule has 1 rings (SSSR count). The molecule has 0 radical (unpaired) electrons. The molecular formula is C11H17BrFNOSi. The maximum absolute atomic E-state index is 13.5. The zero-order valence-electron chi connectivity index (χ0n) is 10.3. The van der Waals surface area contributed by atoms with Gasteiger partial charge in [0.25, 0.3) is 8.32 Å². The summed E-state index contributed by atoms with van der Waals surface area (Å²) in [5, 5.41) is 0.0312. The van der Waals surface area contributed by atoms with Crippen LogP contribution in [0.5, 0.6) is 5.88 Å². The van der Waals surface area contributed by atoms with Gasteiger partial charge in [-0.25, -0.2) is 9.37 Å². The normalized spacial score (nSPS) is 12.7. The van der Waals surface area contributed by atoms with Gasteiger partial charge in [0.05, 0.1) is 0 Å². The first-order chi connectivity index (χ1) is 7.13. The lowest BCUT2D eigenvalue weighted by Gasteiger charge is -2.35. The van der Waals surface area contributed by atoms with Crippen molar-refractivity contribution >= 4 is 24.2 Å². The van der Waals surface area contributed by atoms with Crippen molar-refractivity contribution in [3.63, 3.8) is 0 Å². The van der Waals surface area contributed by atoms with Crippen molar-refractivity contribution in [2.24, 2.45) is 0 Å². The fourth-order valence-electron chi connectivity index (χ4n) is 0.867. The predicted molar refractivity (Wildman–Crippen MR) is 69.7 cm³/mol. The van der Waals surface area contributed by atoms with Crippen LogP contribution in [0.25, 0.3) is 0 Å². The third-order valence-corrected chi connectivity index (χ3v) is 7.70. The molecule has 5 heteroatoms. The van der Waals surface area contributed by atoms with Gasteiger partial charge in [-0.1, -0.05) is 20.8 Å². The second kappa shape index (κ2) is 4.45. The second-order valence-corrected chi connectivity index (χ2v) is 10.8. The summed E-state index contributed by atoms with van der Waals surface area (Å²) in [4.78, 5) is 4.03. The van der Waals surface area contributed by atoms with Gasteiger partial charge in [-0.05, 0) is 46.2 Å². The van der Waals surface area contributed by atoms with Crippen molar-refractivity contribution < 1.29 is 8.82 Å². The molecule has 0 aliphatic heterocycles. The minimum absolute atomic E-state index is 0.0312. The second-order valence-electron chi connectivity index (χ2n) is 5.28. The molecule has 0 spiro atoms. The average molecular weight is 306 g/mol. The summed E-state index contributed by atoms with van der Waals surface area (Å²) < 4.78 is 19.9. The first-order valence-corrected chi connectivity index (χ1v) is 8.85. The number of pyridine rings is 1. The molecule has 0 fully saturated rings. The van der Waals surface area contributed by atoms with Crippen molar-refractivity contribution in [1.82, 2.24) is 4.98 Å². The Hall–Kier alpha value is -0.423. The van der Waals surface area contributed by atoms with Gasteiger partial charge >= 0.3 is 0 Å². The average Bonchev–Trinajstić information content (AvgIpc) is 2.09. The number of aromatic nitrogens is 1. The van der Waals surface area contributed by atoms with Crippen LogP contribution in [0.2, 0.25) is 18.1 Å². The molecule has 0 amide bonds. The maximum Gasteiger partial charge on any atom is 0.252 e. The molecule has 0 saturated heterocycles. The molecule has 1 heterocycles. The summed E-state index contributed by atoms with van der Waals surface area (Å²) in [5.74, 6) is -0.311. The van der Waals surface area contributed by atoms with Crippen LogP contribution in [0.1, 0.15) is 20.8 Å². The molecule has 0 aromatic carbocycles. The first-order valence-electron chi connectivity index (χ1n) is 5.14. The molecule has 0 unspecified atom stereocenters. The highest BCUT2D eigenvalue weighted by Crippen LogP contribution is 2.37. The number of rotatable bonds is 2. The largest absolute Gasteiger partial charge is 0.529 e. The Bertz CT molecular complexity index is 390. The fourth-order valence-corrected chi connectivity index (χ4v) is 2.09. The highest BCUT2D eigenvalue weighted by atomic mass is 79.9. The van der Waals surface area contributed by atoms with E-state index < -0.39 is 14.1 Å². The molecule has 1 aromatic heterocycles. The van der Waals surface area contributed by atoms with Crippen LogP contribution >= 0.6 is 15.9 Å². The van der Waals surface area contributed by atoms with Crippen molar-refractivity contribution in [2.75, 3.05) is 0 Å². The minimum atomic E-state index is -2.02. The topological polar surface area (TPSA) is 22.1 Å². The monoisotopic (exact) mass is 305 g/mol. The van der Waals surface area contributed by atoms with Gasteiger partial charge in [0.1, 0.15) is 4.60 Å². The van der Waals surface area contributed by atoms with Crippen LogP contribution in [0.3, 0.4) is 0 Å². The Morgan fingerprint density at radius 1 is 1.31 bits per heavy atom. The van der Waals surface area contributed by atoms with Gasteiger partial charge in [0.15, 0.2) is 5.82 Å². The van der Waals surface area contributed by atoms with E-state index in [4.69, 9.17) is 4.43 Å². The van der Waals surface area contributed by atoms with E-state index in [1.165, 1.54) is 6.07 Å². The lowest BCUT2D eigenvalue weighted by Crippen LogP contribution is -2.44. The van der Waals surface area contributed by atoms with E-state index in [0.717, 1.165) is 0 Å². The molecule has 0 aliphatic rings. The van der Waals surface area contributed by atoms with Crippen LogP contribution in [0.4, 0.5) is 4.39 Å². The molecular weight excluding hydrogens is 289 g/mol. The van der Waals surface area contributed by atoms with Crippen molar-refractivity contribution in [3.8, 4) is 5.88 Å². The van der Waals surface area contributed by atoms with Crippen LogP contribution in [-0.4, -0.2) is 13.3 Å². The van der Waals surface area contributed by atoms with E-state index in [1.54, 1.807) is 6.07 Å². The Kier molecular flexibility index (Phi) is 3.79. The van der Waals surface area contributed by atoms with Crippen LogP contribution in [0, 0.1) is 5.82 Å². The number of halogens is 2. The molecule has 90 valence electrons. The summed E-state index contributed by atoms with van der Waals surface area (Å²) >= 11 is 3.21. The standard InChI is InChI=1S/C11H17BrFNOSi/c1-11(2,3)16(4,5)15-10-8(13)6-7-9(12)14-10/h6-7H,1-5H3. The van der Waals surface area contributed by atoms with Gasteiger partial charge in [-0.15, -0.1) is 0 Å². The maximum atomic E-state index is 13.5. The Labute approximate surface area is 105 Å². The van der Waals surface area contributed by atoms with Crippen LogP contribution < -0.4 is 4.43 Å². The van der Waals surface area contributed by atoms with Gasteiger partial charge in [0, 0.05) is 0 Å². The van der Waals surface area contributed by atoms with Crippen molar-refractivity contribution in [1.29, 1.82) is 0 Å². The zero-order valence-corrected chi connectivity index (χ0v) is 12.9. The van der Waals surface area contributed by atoms with Crippen LogP contribution in [0.15, 0.2) is 16.7 Å². The van der Waals surface area contributed by atoms with Gasteiger partial charge in [-0.3, -0.25) is 0 Å². The molecule has 0 atom stereocenters. The van der Waals surface area contributed by atoms with E-state index in [9.17, 15) is 4.39 Å². The molecule has 0 bridgehead atoms. The lowest BCUT2D eigenvalue weighted by molar-refractivity contribution is 0.439. The summed E-state index contributed by atoms with van der Waals surface area (Å²) in [6.45, 7) is 10.4. The third kappa shape index (κ3) is 3.04. The molecule has 1 aromatic rings. The Balaban J connectivity index is 3.01. The van der Waals surface area contributed by atoms with E-state index in [2.05, 4.69) is 54.8 Å². The summed E-state index contributed by atoms with van der Waals surface area (Å²) in [6, 6.07) is 2.92. The number of hydrogen-bond acceptors (Lipinski definition) is 2. The Morgan fingerprint density at radius 2 is 1.88 bits per heavy atom. The molecule has 16 heavy (non-hydrogen) atoms. The predicted octanol–water partition coefficient (Wildman–Crippen LogP) is 4.37. The quantitative estimate of drug-likeness (QED) is 0.598. The summed E-state index contributed by atoms with van der Waals surface area (Å²) in [5.41, 5.74) is 0. The summed E-state index contributed by atoms with van der Waals surface area (Å²) in [6.07, 6.45) is 0. The fraction of sp³-hybridized carbons (Fsp3) is 0.545. The summed E-state index contributed by atoms with van der Waals surface area (Å²) in [7, 11) is -2.02. The van der Waals surface area contributed by atoms with E-state index in [1.807, 2.05) is 0 Å². The van der Waals surface area contributed by atoms with Crippen LogP contribution in [-0.2, 0) is 0 Å². The highest BCUT2D eigenvalue weighted by Gasteiger charge is 2.39. The van der Waals surface area contributed by atoms with E-state index >= 15 is 0 Å². The highest BCUT2D eigenvalue weighted by molar-refractivity contribution is 9.10.